The second-order valence-electron chi connectivity index (χ2n) is 7.26. The molecule has 1 aliphatic heterocycles. The predicted molar refractivity (Wildman–Crippen MR) is 104 cm³/mol. The van der Waals surface area contributed by atoms with Crippen LogP contribution in [-0.2, 0) is 11.2 Å². The summed E-state index contributed by atoms with van der Waals surface area (Å²) in [5.41, 5.74) is 3.21. The summed E-state index contributed by atoms with van der Waals surface area (Å²) in [5, 5.41) is 10.7. The summed E-state index contributed by atoms with van der Waals surface area (Å²) < 4.78 is 26.7. The van der Waals surface area contributed by atoms with Crippen LogP contribution in [0, 0.1) is 11.6 Å². The van der Waals surface area contributed by atoms with E-state index in [2.05, 4.69) is 15.5 Å². The number of nitrogens with zero attached hydrogens (tertiary/aromatic N) is 2. The highest BCUT2D eigenvalue weighted by Crippen LogP contribution is 2.33. The number of amides is 2. The zero-order chi connectivity index (χ0) is 20.4. The molecule has 0 saturated carbocycles. The zero-order valence-corrected chi connectivity index (χ0v) is 15.6. The molecule has 0 saturated heterocycles. The summed E-state index contributed by atoms with van der Waals surface area (Å²) in [6.45, 7) is 0. The van der Waals surface area contributed by atoms with Crippen molar-refractivity contribution in [3.8, 4) is 0 Å². The van der Waals surface area contributed by atoms with E-state index in [0.717, 1.165) is 60.6 Å². The van der Waals surface area contributed by atoms with Gasteiger partial charge >= 0.3 is 0 Å². The first-order valence-corrected chi connectivity index (χ1v) is 9.53. The van der Waals surface area contributed by atoms with Crippen LogP contribution in [0.25, 0.3) is 0 Å². The summed E-state index contributed by atoms with van der Waals surface area (Å²) in [5.74, 6) is -2.43. The highest BCUT2D eigenvalue weighted by molar-refractivity contribution is 6.04. The molecule has 148 valence electrons. The van der Waals surface area contributed by atoms with Gasteiger partial charge < -0.3 is 5.32 Å². The monoisotopic (exact) mass is 395 g/mol. The third kappa shape index (κ3) is 4.29. The molecule has 0 radical (unpaired) electrons. The van der Waals surface area contributed by atoms with Crippen molar-refractivity contribution in [2.75, 3.05) is 5.32 Å². The molecule has 0 bridgehead atoms. The molecule has 0 fully saturated rings. The molecule has 0 aromatic heterocycles. The van der Waals surface area contributed by atoms with Crippen molar-refractivity contribution in [3.05, 3.63) is 76.4 Å². The van der Waals surface area contributed by atoms with Gasteiger partial charge in [0.2, 0.25) is 0 Å². The second-order valence-corrected chi connectivity index (χ2v) is 7.26. The van der Waals surface area contributed by atoms with Crippen LogP contribution in [0.3, 0.4) is 0 Å². The lowest BCUT2D eigenvalue weighted by Crippen LogP contribution is -2.23. The molecule has 2 aromatic carbocycles. The van der Waals surface area contributed by atoms with Crippen LogP contribution in [0.5, 0.6) is 0 Å². The summed E-state index contributed by atoms with van der Waals surface area (Å²) >= 11 is 0. The van der Waals surface area contributed by atoms with Crippen LogP contribution in [0.2, 0.25) is 0 Å². The van der Waals surface area contributed by atoms with Crippen molar-refractivity contribution in [1.82, 2.24) is 0 Å². The number of hydrogen-bond donors (Lipinski definition) is 1. The Morgan fingerprint density at radius 3 is 2.62 bits per heavy atom. The molecule has 1 N–H and O–H groups in total. The first kappa shape index (κ1) is 19.1. The Morgan fingerprint density at radius 2 is 1.83 bits per heavy atom. The van der Waals surface area contributed by atoms with E-state index in [4.69, 9.17) is 0 Å². The van der Waals surface area contributed by atoms with E-state index >= 15 is 0 Å². The molecule has 1 unspecified atom stereocenters. The lowest BCUT2D eigenvalue weighted by molar-refractivity contribution is -0.115. The van der Waals surface area contributed by atoms with Gasteiger partial charge in [0.1, 0.15) is 11.6 Å². The van der Waals surface area contributed by atoms with Crippen LogP contribution >= 0.6 is 0 Å². The summed E-state index contributed by atoms with van der Waals surface area (Å²) in [4.78, 5) is 24.3. The average molecular weight is 395 g/mol. The molecule has 5 nitrogen and oxygen atoms in total. The van der Waals surface area contributed by atoms with Crippen LogP contribution in [0.4, 0.5) is 14.5 Å². The zero-order valence-electron chi connectivity index (χ0n) is 15.6. The van der Waals surface area contributed by atoms with Crippen molar-refractivity contribution in [2.24, 2.45) is 10.2 Å². The molecule has 1 heterocycles. The van der Waals surface area contributed by atoms with Crippen molar-refractivity contribution in [3.63, 3.8) is 0 Å². The molecular weight excluding hydrogens is 376 g/mol. The van der Waals surface area contributed by atoms with E-state index in [1.165, 1.54) is 0 Å². The SMILES string of the molecule is O=C1N=NC(Cc2cccc(NC(=O)c3cc(F)cc(F)c3)c2)C2=C1CCCC2. The fraction of sp³-hybridized carbons (Fsp3) is 0.273. The number of halogens is 2. The number of azo groups is 1. The van der Waals surface area contributed by atoms with Crippen molar-refractivity contribution >= 4 is 17.5 Å². The van der Waals surface area contributed by atoms with E-state index in [9.17, 15) is 18.4 Å². The van der Waals surface area contributed by atoms with E-state index in [-0.39, 0.29) is 17.5 Å². The Kier molecular flexibility index (Phi) is 5.29. The molecule has 1 aliphatic carbocycles. The van der Waals surface area contributed by atoms with Gasteiger partial charge in [-0.2, -0.15) is 5.11 Å². The lowest BCUT2D eigenvalue weighted by Gasteiger charge is -2.25. The fourth-order valence-electron chi connectivity index (χ4n) is 3.84. The van der Waals surface area contributed by atoms with Crippen molar-refractivity contribution < 1.29 is 18.4 Å². The van der Waals surface area contributed by atoms with Crippen LogP contribution < -0.4 is 5.32 Å². The van der Waals surface area contributed by atoms with Crippen LogP contribution in [0.1, 0.15) is 41.6 Å². The Labute approximate surface area is 166 Å². The fourth-order valence-corrected chi connectivity index (χ4v) is 3.84. The number of carbonyl (C=O) groups excluding carboxylic acids is 2. The maximum atomic E-state index is 13.3. The molecule has 29 heavy (non-hydrogen) atoms. The van der Waals surface area contributed by atoms with Gasteiger partial charge in [0.15, 0.2) is 0 Å². The quantitative estimate of drug-likeness (QED) is 0.792. The summed E-state index contributed by atoms with van der Waals surface area (Å²) in [6.07, 6.45) is 4.21. The molecule has 2 amide bonds. The second kappa shape index (κ2) is 8.03. The minimum absolute atomic E-state index is 0.0931. The third-order valence-corrected chi connectivity index (χ3v) is 5.20. The normalized spacial score (nSPS) is 18.6. The van der Waals surface area contributed by atoms with E-state index < -0.39 is 17.5 Å². The Morgan fingerprint density at radius 1 is 1.07 bits per heavy atom. The molecule has 2 aromatic rings. The third-order valence-electron chi connectivity index (χ3n) is 5.20. The van der Waals surface area contributed by atoms with Crippen LogP contribution in [-0.4, -0.2) is 17.9 Å². The maximum Gasteiger partial charge on any atom is 0.291 e. The minimum atomic E-state index is -0.808. The Hall–Kier alpha value is -3.22. The van der Waals surface area contributed by atoms with Gasteiger partial charge in [-0.1, -0.05) is 12.1 Å². The molecule has 4 rings (SSSR count). The van der Waals surface area contributed by atoms with Gasteiger partial charge in [-0.3, -0.25) is 9.59 Å². The number of carbonyl (C=O) groups is 2. The van der Waals surface area contributed by atoms with Gasteiger partial charge in [0.25, 0.3) is 11.8 Å². The van der Waals surface area contributed by atoms with Crippen molar-refractivity contribution in [2.45, 2.75) is 38.1 Å². The van der Waals surface area contributed by atoms with E-state index in [1.54, 1.807) is 18.2 Å². The summed E-state index contributed by atoms with van der Waals surface area (Å²) in [6, 6.07) is 9.71. The predicted octanol–water partition coefficient (Wildman–Crippen LogP) is 4.99. The first-order valence-electron chi connectivity index (χ1n) is 9.53. The molecular formula is C22H19F2N3O2. The van der Waals surface area contributed by atoms with Crippen molar-refractivity contribution in [1.29, 1.82) is 0 Å². The highest BCUT2D eigenvalue weighted by atomic mass is 19.1. The lowest BCUT2D eigenvalue weighted by atomic mass is 9.84. The smallest absolute Gasteiger partial charge is 0.291 e. The van der Waals surface area contributed by atoms with Gasteiger partial charge in [0, 0.05) is 29.3 Å². The first-order chi connectivity index (χ1) is 14.0. The van der Waals surface area contributed by atoms with Crippen LogP contribution in [0.15, 0.2) is 63.8 Å². The Balaban J connectivity index is 1.50. The van der Waals surface area contributed by atoms with E-state index in [1.807, 2.05) is 6.07 Å². The van der Waals surface area contributed by atoms with Gasteiger partial charge in [0.05, 0.1) is 6.04 Å². The largest absolute Gasteiger partial charge is 0.322 e. The van der Waals surface area contributed by atoms with Gasteiger partial charge in [-0.05, 0) is 61.1 Å². The average Bonchev–Trinajstić information content (AvgIpc) is 2.70. The van der Waals surface area contributed by atoms with E-state index in [0.29, 0.717) is 12.1 Å². The Bertz CT molecular complexity index is 1030. The number of benzene rings is 2. The molecule has 1 atom stereocenters. The molecule has 2 aliphatic rings. The molecule has 0 spiro atoms. The number of hydrogen-bond acceptors (Lipinski definition) is 3. The topological polar surface area (TPSA) is 70.9 Å². The number of anilines is 1. The van der Waals surface area contributed by atoms with Gasteiger partial charge in [-0.25, -0.2) is 8.78 Å². The minimum Gasteiger partial charge on any atom is -0.322 e. The summed E-state index contributed by atoms with van der Waals surface area (Å²) in [7, 11) is 0. The number of nitrogens with one attached hydrogen (secondary N) is 1. The molecule has 7 heteroatoms. The number of rotatable bonds is 4. The van der Waals surface area contributed by atoms with Gasteiger partial charge in [-0.15, -0.1) is 5.11 Å². The maximum absolute atomic E-state index is 13.3. The highest BCUT2D eigenvalue weighted by Gasteiger charge is 2.28. The standard InChI is InChI=1S/C22H19F2N3O2/c23-15-10-14(11-16(24)12-15)21(28)25-17-5-3-4-13(8-17)9-20-18-6-1-2-7-19(18)22(29)27-26-20/h3-5,8,10-12,20H,1-2,6-7,9H2,(H,25,28).